The van der Waals surface area contributed by atoms with E-state index < -0.39 is 8.32 Å². The number of carbonyl (C=O) groups excluding carboxylic acids is 1. The first-order chi connectivity index (χ1) is 13.9. The third-order valence-electron chi connectivity index (χ3n) is 5.76. The number of esters is 1. The summed E-state index contributed by atoms with van der Waals surface area (Å²) in [4.78, 5) is 12.7. The van der Waals surface area contributed by atoms with Crippen LogP contribution < -0.4 is 15.7 Å². The molecule has 2 atom stereocenters. The molecule has 156 valence electrons. The van der Waals surface area contributed by atoms with E-state index in [0.717, 1.165) is 13.0 Å². The van der Waals surface area contributed by atoms with Gasteiger partial charge in [0, 0.05) is 6.54 Å². The standard InChI is InChI=1S/C24H33NO3Si/c1-5-27-23(26)21-16-17-25-18-22(21)28-29(24(2,3)4,19-12-8-6-9-13-19)20-14-10-7-11-15-20/h6-15,21-22,25H,5,16-18H2,1-4H3/t21-,22-/m0/s1. The molecule has 2 aromatic rings. The van der Waals surface area contributed by atoms with Crippen LogP contribution in [-0.4, -0.2) is 40.1 Å². The maximum atomic E-state index is 12.7. The van der Waals surface area contributed by atoms with Crippen molar-refractivity contribution < 1.29 is 14.0 Å². The van der Waals surface area contributed by atoms with E-state index in [2.05, 4.69) is 74.6 Å². The molecule has 1 fully saturated rings. The van der Waals surface area contributed by atoms with Crippen LogP contribution in [0.15, 0.2) is 60.7 Å². The Kier molecular flexibility index (Phi) is 6.93. The molecule has 0 radical (unpaired) electrons. The van der Waals surface area contributed by atoms with Crippen LogP contribution >= 0.6 is 0 Å². The number of piperidine rings is 1. The molecule has 1 aliphatic rings. The van der Waals surface area contributed by atoms with E-state index >= 15 is 0 Å². The van der Waals surface area contributed by atoms with Crippen molar-refractivity contribution in [1.29, 1.82) is 0 Å². The van der Waals surface area contributed by atoms with Gasteiger partial charge >= 0.3 is 5.97 Å². The second-order valence-electron chi connectivity index (χ2n) is 8.67. The summed E-state index contributed by atoms with van der Waals surface area (Å²) in [6.45, 7) is 10.5. The maximum Gasteiger partial charge on any atom is 0.311 e. The Morgan fingerprint density at radius 3 is 2.07 bits per heavy atom. The predicted molar refractivity (Wildman–Crippen MR) is 120 cm³/mol. The molecule has 29 heavy (non-hydrogen) atoms. The first kappa shape index (κ1) is 21.7. The zero-order valence-electron chi connectivity index (χ0n) is 18.0. The molecule has 1 aliphatic heterocycles. The van der Waals surface area contributed by atoms with Gasteiger partial charge in [0.05, 0.1) is 18.6 Å². The topological polar surface area (TPSA) is 47.6 Å². The second-order valence-corrected chi connectivity index (χ2v) is 12.9. The molecule has 2 aromatic carbocycles. The third-order valence-corrected chi connectivity index (χ3v) is 10.8. The zero-order valence-corrected chi connectivity index (χ0v) is 19.0. The smallest absolute Gasteiger partial charge is 0.311 e. The molecule has 1 saturated heterocycles. The summed E-state index contributed by atoms with van der Waals surface area (Å²) in [5, 5.41) is 5.77. The minimum atomic E-state index is -2.70. The van der Waals surface area contributed by atoms with Gasteiger partial charge in [-0.2, -0.15) is 0 Å². The number of hydrogen-bond donors (Lipinski definition) is 1. The van der Waals surface area contributed by atoms with Gasteiger partial charge in [-0.1, -0.05) is 81.4 Å². The van der Waals surface area contributed by atoms with E-state index in [0.29, 0.717) is 13.2 Å². The average Bonchev–Trinajstić information content (AvgIpc) is 2.73. The van der Waals surface area contributed by atoms with Gasteiger partial charge in [-0.15, -0.1) is 0 Å². The highest BCUT2D eigenvalue weighted by atomic mass is 28.4. The van der Waals surface area contributed by atoms with Gasteiger partial charge in [0.25, 0.3) is 8.32 Å². The van der Waals surface area contributed by atoms with Crippen molar-refractivity contribution in [1.82, 2.24) is 5.32 Å². The van der Waals surface area contributed by atoms with Gasteiger partial charge in [0.15, 0.2) is 0 Å². The van der Waals surface area contributed by atoms with Crippen molar-refractivity contribution in [3.8, 4) is 0 Å². The fraction of sp³-hybridized carbons (Fsp3) is 0.458. The van der Waals surface area contributed by atoms with Crippen molar-refractivity contribution >= 4 is 24.7 Å². The minimum absolute atomic E-state index is 0.119. The van der Waals surface area contributed by atoms with Crippen molar-refractivity contribution in [3.05, 3.63) is 60.7 Å². The van der Waals surface area contributed by atoms with E-state index in [-0.39, 0.29) is 23.0 Å². The SMILES string of the molecule is CCOC(=O)[C@H]1CCNC[C@@H]1O[Si](c1ccccc1)(c1ccccc1)C(C)(C)C. The molecule has 0 amide bonds. The van der Waals surface area contributed by atoms with E-state index in [1.807, 2.05) is 19.1 Å². The van der Waals surface area contributed by atoms with Gasteiger partial charge in [0.2, 0.25) is 0 Å². The van der Waals surface area contributed by atoms with Crippen LogP contribution in [0.5, 0.6) is 0 Å². The molecule has 5 heteroatoms. The van der Waals surface area contributed by atoms with Crippen LogP contribution in [0.3, 0.4) is 0 Å². The van der Waals surface area contributed by atoms with Crippen molar-refractivity contribution in [2.45, 2.75) is 45.3 Å². The van der Waals surface area contributed by atoms with Crippen LogP contribution in [-0.2, 0) is 14.0 Å². The molecular formula is C24H33NO3Si. The molecule has 1 N–H and O–H groups in total. The minimum Gasteiger partial charge on any atom is -0.466 e. The highest BCUT2D eigenvalue weighted by Crippen LogP contribution is 2.38. The lowest BCUT2D eigenvalue weighted by atomic mass is 9.95. The lowest BCUT2D eigenvalue weighted by Crippen LogP contribution is -2.69. The monoisotopic (exact) mass is 411 g/mol. The van der Waals surface area contributed by atoms with Crippen molar-refractivity contribution in [2.24, 2.45) is 5.92 Å². The zero-order chi connectivity index (χ0) is 20.9. The maximum absolute atomic E-state index is 12.7. The fourth-order valence-electron chi connectivity index (χ4n) is 4.39. The molecule has 0 aliphatic carbocycles. The molecular weight excluding hydrogens is 378 g/mol. The molecule has 0 aromatic heterocycles. The van der Waals surface area contributed by atoms with Gasteiger partial charge in [-0.3, -0.25) is 4.79 Å². The quantitative estimate of drug-likeness (QED) is 0.586. The van der Waals surface area contributed by atoms with Crippen LogP contribution in [0.25, 0.3) is 0 Å². The average molecular weight is 412 g/mol. The van der Waals surface area contributed by atoms with Crippen molar-refractivity contribution in [2.75, 3.05) is 19.7 Å². The molecule has 4 nitrogen and oxygen atoms in total. The highest BCUT2D eigenvalue weighted by molar-refractivity contribution is 6.99. The summed E-state index contributed by atoms with van der Waals surface area (Å²) in [6.07, 6.45) is 0.524. The lowest BCUT2D eigenvalue weighted by molar-refractivity contribution is -0.152. The summed E-state index contributed by atoms with van der Waals surface area (Å²) in [6, 6.07) is 21.1. The summed E-state index contributed by atoms with van der Waals surface area (Å²) in [7, 11) is -2.70. The predicted octanol–water partition coefficient (Wildman–Crippen LogP) is 3.10. The van der Waals surface area contributed by atoms with Crippen LogP contribution in [0.2, 0.25) is 5.04 Å². The number of ether oxygens (including phenoxy) is 1. The Labute approximate surface area is 175 Å². The van der Waals surface area contributed by atoms with Gasteiger partial charge in [0.1, 0.15) is 0 Å². The van der Waals surface area contributed by atoms with E-state index in [1.165, 1.54) is 10.4 Å². The van der Waals surface area contributed by atoms with E-state index in [4.69, 9.17) is 9.16 Å². The Morgan fingerprint density at radius 2 is 1.59 bits per heavy atom. The molecule has 0 unspecified atom stereocenters. The lowest BCUT2D eigenvalue weighted by Gasteiger charge is -2.47. The Morgan fingerprint density at radius 1 is 1.03 bits per heavy atom. The molecule has 0 saturated carbocycles. The number of carbonyl (C=O) groups is 1. The number of nitrogens with one attached hydrogen (secondary N) is 1. The normalized spacial score (nSPS) is 20.3. The first-order valence-electron chi connectivity index (χ1n) is 10.6. The third kappa shape index (κ3) is 4.47. The fourth-order valence-corrected chi connectivity index (χ4v) is 9.11. The van der Waals surface area contributed by atoms with E-state index in [9.17, 15) is 4.79 Å². The number of benzene rings is 2. The van der Waals surface area contributed by atoms with Crippen molar-refractivity contribution in [3.63, 3.8) is 0 Å². The Balaban J connectivity index is 2.11. The van der Waals surface area contributed by atoms with E-state index in [1.54, 1.807) is 0 Å². The number of rotatable bonds is 6. The van der Waals surface area contributed by atoms with Gasteiger partial charge < -0.3 is 14.5 Å². The first-order valence-corrected chi connectivity index (χ1v) is 12.5. The molecule has 0 bridgehead atoms. The molecule has 3 rings (SSSR count). The second kappa shape index (κ2) is 9.24. The van der Waals surface area contributed by atoms with Gasteiger partial charge in [-0.25, -0.2) is 0 Å². The summed E-state index contributed by atoms with van der Waals surface area (Å²) in [5.41, 5.74) is 0. The van der Waals surface area contributed by atoms with Gasteiger partial charge in [-0.05, 0) is 35.3 Å². The summed E-state index contributed by atoms with van der Waals surface area (Å²) in [5.74, 6) is -0.380. The largest absolute Gasteiger partial charge is 0.466 e. The summed E-state index contributed by atoms with van der Waals surface area (Å²) < 4.78 is 12.6. The Bertz CT molecular complexity index is 749. The summed E-state index contributed by atoms with van der Waals surface area (Å²) >= 11 is 0. The number of hydrogen-bond acceptors (Lipinski definition) is 4. The molecule has 1 heterocycles. The van der Waals surface area contributed by atoms with Crippen LogP contribution in [0, 0.1) is 5.92 Å². The van der Waals surface area contributed by atoms with Crippen LogP contribution in [0.4, 0.5) is 0 Å². The Hall–Kier alpha value is -1.95. The highest BCUT2D eigenvalue weighted by Gasteiger charge is 2.53. The van der Waals surface area contributed by atoms with Crippen LogP contribution in [0.1, 0.15) is 34.1 Å². The molecule has 0 spiro atoms.